The van der Waals surface area contributed by atoms with Crippen LogP contribution >= 0.6 is 0 Å². The molecule has 18 heavy (non-hydrogen) atoms. The highest BCUT2D eigenvalue weighted by atomic mass is 17.2. The molecule has 0 fully saturated rings. The van der Waals surface area contributed by atoms with Crippen LogP contribution in [0.3, 0.4) is 0 Å². The molecule has 0 atom stereocenters. The van der Waals surface area contributed by atoms with Gasteiger partial charge in [0.05, 0.1) is 5.56 Å². The first kappa shape index (κ1) is 14.7. The molecule has 0 spiro atoms. The summed E-state index contributed by atoms with van der Waals surface area (Å²) in [6.07, 6.45) is 0. The number of carbonyl (C=O) groups excluding carboxylic acids is 1. The van der Waals surface area contributed by atoms with Gasteiger partial charge in [0.2, 0.25) is 0 Å². The number of hydrogen-bond acceptors (Lipinski definition) is 3. The number of Topliss-reactive ketones (excluding diaryl/α,β-unsaturated/α-hetero) is 1. The summed E-state index contributed by atoms with van der Waals surface area (Å²) in [5, 5.41) is 0. The van der Waals surface area contributed by atoms with Crippen molar-refractivity contribution < 1.29 is 14.6 Å². The van der Waals surface area contributed by atoms with Gasteiger partial charge >= 0.3 is 0 Å². The summed E-state index contributed by atoms with van der Waals surface area (Å²) in [4.78, 5) is 22.4. The molecule has 0 radical (unpaired) electrons. The average Bonchev–Trinajstić information content (AvgIpc) is 2.24. The number of ketones is 1. The topological polar surface area (TPSA) is 35.5 Å². The molecule has 0 unspecified atom stereocenters. The Morgan fingerprint density at radius 3 is 2.28 bits per heavy atom. The molecule has 1 aromatic rings. The van der Waals surface area contributed by atoms with Crippen molar-refractivity contribution in [2.24, 2.45) is 0 Å². The Morgan fingerprint density at radius 2 is 1.83 bits per heavy atom. The molecule has 0 aromatic heterocycles. The highest BCUT2D eigenvalue weighted by molar-refractivity contribution is 5.97. The molecule has 0 amide bonds. The van der Waals surface area contributed by atoms with Crippen LogP contribution in [-0.2, 0) is 4.89 Å². The van der Waals surface area contributed by atoms with Gasteiger partial charge < -0.3 is 4.89 Å². The number of para-hydroxylation sites is 1. The fourth-order valence-corrected chi connectivity index (χ4v) is 1.55. The van der Waals surface area contributed by atoms with Gasteiger partial charge in [-0.05, 0) is 39.7 Å². The molecule has 0 N–H and O–H groups in total. The van der Waals surface area contributed by atoms with Gasteiger partial charge in [-0.15, -0.1) is 0 Å². The first-order valence-electron chi connectivity index (χ1n) is 6.22. The van der Waals surface area contributed by atoms with Crippen molar-refractivity contribution in [3.63, 3.8) is 0 Å². The zero-order chi connectivity index (χ0) is 13.9. The number of benzene rings is 1. The van der Waals surface area contributed by atoms with Crippen LogP contribution < -0.4 is 4.89 Å². The molecular formula is C15H22O3. The third-order valence-electron chi connectivity index (χ3n) is 2.42. The summed E-state index contributed by atoms with van der Waals surface area (Å²) >= 11 is 0. The molecule has 0 aliphatic rings. The van der Waals surface area contributed by atoms with Gasteiger partial charge in [-0.25, -0.2) is 0 Å². The van der Waals surface area contributed by atoms with E-state index in [2.05, 4.69) is 13.8 Å². The van der Waals surface area contributed by atoms with E-state index in [9.17, 15) is 4.79 Å². The van der Waals surface area contributed by atoms with E-state index in [4.69, 9.17) is 9.78 Å². The standard InChI is InChI=1S/C15H22O3/c1-10(2)12-8-7-9-13(11(3)16)14(12)17-18-15(4,5)6/h7-10H,1-6H3. The highest BCUT2D eigenvalue weighted by Gasteiger charge is 2.20. The second kappa shape index (κ2) is 5.53. The van der Waals surface area contributed by atoms with E-state index in [0.717, 1.165) is 5.56 Å². The van der Waals surface area contributed by atoms with Gasteiger partial charge in [0.15, 0.2) is 11.5 Å². The van der Waals surface area contributed by atoms with Crippen LogP contribution in [0.2, 0.25) is 0 Å². The Balaban J connectivity index is 3.15. The Morgan fingerprint density at radius 1 is 1.22 bits per heavy atom. The van der Waals surface area contributed by atoms with Crippen molar-refractivity contribution in [1.29, 1.82) is 0 Å². The van der Waals surface area contributed by atoms with Crippen LogP contribution in [0.5, 0.6) is 5.75 Å². The van der Waals surface area contributed by atoms with E-state index >= 15 is 0 Å². The zero-order valence-electron chi connectivity index (χ0n) is 12.0. The van der Waals surface area contributed by atoms with Crippen LogP contribution in [0.1, 0.15) is 63.4 Å². The lowest BCUT2D eigenvalue weighted by molar-refractivity contribution is -0.275. The molecule has 3 nitrogen and oxygen atoms in total. The van der Waals surface area contributed by atoms with Crippen molar-refractivity contribution in [1.82, 2.24) is 0 Å². The smallest absolute Gasteiger partial charge is 0.179 e. The quantitative estimate of drug-likeness (QED) is 0.458. The maximum absolute atomic E-state index is 11.6. The summed E-state index contributed by atoms with van der Waals surface area (Å²) in [5.41, 5.74) is 1.12. The summed E-state index contributed by atoms with van der Waals surface area (Å²) in [6, 6.07) is 5.59. The Kier molecular flexibility index (Phi) is 4.52. The van der Waals surface area contributed by atoms with Gasteiger partial charge in [0.25, 0.3) is 0 Å². The van der Waals surface area contributed by atoms with Crippen molar-refractivity contribution in [2.45, 2.75) is 53.1 Å². The van der Waals surface area contributed by atoms with Crippen LogP contribution in [-0.4, -0.2) is 11.4 Å². The predicted molar refractivity (Wildman–Crippen MR) is 72.0 cm³/mol. The van der Waals surface area contributed by atoms with Crippen molar-refractivity contribution in [3.8, 4) is 5.75 Å². The molecular weight excluding hydrogens is 228 g/mol. The fraction of sp³-hybridized carbons (Fsp3) is 0.533. The monoisotopic (exact) mass is 250 g/mol. The molecule has 0 aliphatic carbocycles. The minimum absolute atomic E-state index is 0.0231. The minimum Gasteiger partial charge on any atom is -0.336 e. The van der Waals surface area contributed by atoms with E-state index in [1.54, 1.807) is 6.07 Å². The number of carbonyl (C=O) groups is 1. The summed E-state index contributed by atoms with van der Waals surface area (Å²) < 4.78 is 0. The third-order valence-corrected chi connectivity index (χ3v) is 2.42. The normalized spacial score (nSPS) is 11.7. The van der Waals surface area contributed by atoms with Crippen molar-refractivity contribution >= 4 is 5.78 Å². The molecule has 100 valence electrons. The zero-order valence-corrected chi connectivity index (χ0v) is 12.0. The van der Waals surface area contributed by atoms with E-state index in [-0.39, 0.29) is 11.7 Å². The Labute approximate surface area is 109 Å². The Hall–Kier alpha value is -1.35. The lowest BCUT2D eigenvalue weighted by atomic mass is 9.98. The maximum atomic E-state index is 11.6. The van der Waals surface area contributed by atoms with E-state index in [1.165, 1.54) is 6.92 Å². The fourth-order valence-electron chi connectivity index (χ4n) is 1.55. The van der Waals surface area contributed by atoms with E-state index in [1.807, 2.05) is 32.9 Å². The first-order chi connectivity index (χ1) is 8.22. The SMILES string of the molecule is CC(=O)c1cccc(C(C)C)c1OOC(C)(C)C. The molecule has 1 aromatic carbocycles. The summed E-state index contributed by atoms with van der Waals surface area (Å²) in [6.45, 7) is 11.4. The van der Waals surface area contributed by atoms with Crippen LogP contribution in [0.25, 0.3) is 0 Å². The lowest BCUT2D eigenvalue weighted by Gasteiger charge is -2.21. The maximum Gasteiger partial charge on any atom is 0.179 e. The van der Waals surface area contributed by atoms with Crippen molar-refractivity contribution in [3.05, 3.63) is 29.3 Å². The lowest BCUT2D eigenvalue weighted by Crippen LogP contribution is -2.22. The molecule has 0 saturated heterocycles. The van der Waals surface area contributed by atoms with Gasteiger partial charge in [-0.2, -0.15) is 4.89 Å². The van der Waals surface area contributed by atoms with Crippen LogP contribution in [0, 0.1) is 0 Å². The van der Waals surface area contributed by atoms with E-state index in [0.29, 0.717) is 11.3 Å². The van der Waals surface area contributed by atoms with Gasteiger partial charge in [0.1, 0.15) is 5.60 Å². The van der Waals surface area contributed by atoms with Gasteiger partial charge in [-0.3, -0.25) is 4.79 Å². The number of rotatable bonds is 4. The summed E-state index contributed by atoms with van der Waals surface area (Å²) in [5.74, 6) is 0.780. The summed E-state index contributed by atoms with van der Waals surface area (Å²) in [7, 11) is 0. The molecule has 0 bridgehead atoms. The minimum atomic E-state index is -0.419. The molecule has 0 heterocycles. The molecule has 0 saturated carbocycles. The van der Waals surface area contributed by atoms with Crippen LogP contribution in [0.15, 0.2) is 18.2 Å². The molecule has 3 heteroatoms. The largest absolute Gasteiger partial charge is 0.336 e. The average molecular weight is 250 g/mol. The second-order valence-corrected chi connectivity index (χ2v) is 5.71. The van der Waals surface area contributed by atoms with Gasteiger partial charge in [0, 0.05) is 5.56 Å². The second-order valence-electron chi connectivity index (χ2n) is 5.71. The van der Waals surface area contributed by atoms with Crippen LogP contribution in [0.4, 0.5) is 0 Å². The third kappa shape index (κ3) is 3.84. The van der Waals surface area contributed by atoms with Crippen molar-refractivity contribution in [2.75, 3.05) is 0 Å². The molecule has 1 rings (SSSR count). The number of hydrogen-bond donors (Lipinski definition) is 0. The Bertz CT molecular complexity index is 428. The first-order valence-corrected chi connectivity index (χ1v) is 6.22. The highest BCUT2D eigenvalue weighted by Crippen LogP contribution is 2.31. The molecule has 0 aliphatic heterocycles. The van der Waals surface area contributed by atoms with E-state index < -0.39 is 5.60 Å². The predicted octanol–water partition coefficient (Wildman–Crippen LogP) is 4.12. The van der Waals surface area contributed by atoms with Gasteiger partial charge in [-0.1, -0.05) is 26.0 Å².